The molecule has 1 atom stereocenters. The Hall–Kier alpha value is -0.570. The van der Waals surface area contributed by atoms with E-state index in [0.29, 0.717) is 12.5 Å². The van der Waals surface area contributed by atoms with Gasteiger partial charge in [0.25, 0.3) is 0 Å². The van der Waals surface area contributed by atoms with Crippen molar-refractivity contribution >= 4 is 5.91 Å². The van der Waals surface area contributed by atoms with Crippen molar-refractivity contribution in [3.05, 3.63) is 0 Å². The second kappa shape index (κ2) is 5.60. The van der Waals surface area contributed by atoms with Crippen molar-refractivity contribution < 1.29 is 9.90 Å². The van der Waals surface area contributed by atoms with E-state index < -0.39 is 0 Å². The molecule has 2 saturated carbocycles. The number of aliphatic hydroxyl groups is 1. The molecule has 3 nitrogen and oxygen atoms in total. The molecule has 2 rings (SSSR count). The molecule has 1 N–H and O–H groups in total. The first kappa shape index (κ1) is 13.9. The average Bonchev–Trinajstić information content (AvgIpc) is 3.15. The second-order valence-electron chi connectivity index (χ2n) is 6.57. The van der Waals surface area contributed by atoms with E-state index in [4.69, 9.17) is 0 Å². The van der Waals surface area contributed by atoms with Crippen LogP contribution in [-0.2, 0) is 4.79 Å². The summed E-state index contributed by atoms with van der Waals surface area (Å²) in [5.74, 6) is 0.686. The van der Waals surface area contributed by atoms with Crippen LogP contribution >= 0.6 is 0 Å². The van der Waals surface area contributed by atoms with E-state index in [1.165, 1.54) is 25.7 Å². The second-order valence-corrected chi connectivity index (χ2v) is 6.57. The van der Waals surface area contributed by atoms with Gasteiger partial charge in [-0.3, -0.25) is 4.79 Å². The van der Waals surface area contributed by atoms with Crippen LogP contribution in [-0.4, -0.2) is 35.6 Å². The Bertz CT molecular complexity index is 291. The van der Waals surface area contributed by atoms with Crippen LogP contribution in [0.5, 0.6) is 0 Å². The van der Waals surface area contributed by atoms with Crippen molar-refractivity contribution in [2.45, 2.75) is 64.4 Å². The Morgan fingerprint density at radius 3 is 2.33 bits per heavy atom. The maximum absolute atomic E-state index is 12.6. The summed E-state index contributed by atoms with van der Waals surface area (Å²) in [4.78, 5) is 14.3. The third-order valence-corrected chi connectivity index (χ3v) is 4.70. The smallest absolute Gasteiger partial charge is 0.228 e. The number of carbonyl (C=O) groups is 1. The summed E-state index contributed by atoms with van der Waals surface area (Å²) in [6.07, 6.45) is 8.82. The van der Waals surface area contributed by atoms with Gasteiger partial charge in [-0.05, 0) is 31.6 Å². The monoisotopic (exact) mass is 253 g/mol. The predicted molar refractivity (Wildman–Crippen MR) is 72.2 cm³/mol. The largest absolute Gasteiger partial charge is 0.391 e. The van der Waals surface area contributed by atoms with Crippen LogP contribution in [0, 0.1) is 11.3 Å². The topological polar surface area (TPSA) is 40.5 Å². The minimum atomic E-state index is -0.312. The lowest BCUT2D eigenvalue weighted by Gasteiger charge is -2.32. The minimum Gasteiger partial charge on any atom is -0.391 e. The van der Waals surface area contributed by atoms with Gasteiger partial charge in [0.1, 0.15) is 0 Å². The average molecular weight is 253 g/mol. The van der Waals surface area contributed by atoms with Crippen LogP contribution < -0.4 is 0 Å². The first-order valence-electron chi connectivity index (χ1n) is 7.46. The minimum absolute atomic E-state index is 0.186. The number of hydrogen-bond donors (Lipinski definition) is 1. The van der Waals surface area contributed by atoms with Gasteiger partial charge in [-0.1, -0.05) is 32.6 Å². The molecule has 2 fully saturated rings. The summed E-state index contributed by atoms with van der Waals surface area (Å²) in [5, 5.41) is 9.95. The summed E-state index contributed by atoms with van der Waals surface area (Å²) in [6.45, 7) is 2.62. The summed E-state index contributed by atoms with van der Waals surface area (Å²) in [6, 6.07) is 0. The van der Waals surface area contributed by atoms with Gasteiger partial charge in [-0.25, -0.2) is 0 Å². The number of likely N-dealkylation sites (N-methyl/N-ethyl adjacent to an activating group) is 1. The third kappa shape index (κ3) is 3.25. The lowest BCUT2D eigenvalue weighted by Crippen LogP contribution is -2.43. The number of hydrogen-bond acceptors (Lipinski definition) is 2. The molecule has 1 amide bonds. The summed E-state index contributed by atoms with van der Waals surface area (Å²) < 4.78 is 0. The molecule has 2 aliphatic rings. The van der Waals surface area contributed by atoms with Crippen LogP contribution in [0.1, 0.15) is 58.3 Å². The van der Waals surface area contributed by atoms with E-state index in [1.54, 1.807) is 4.90 Å². The lowest BCUT2D eigenvalue weighted by molar-refractivity contribution is -0.142. The van der Waals surface area contributed by atoms with Gasteiger partial charge in [-0.2, -0.15) is 0 Å². The van der Waals surface area contributed by atoms with E-state index in [2.05, 4.69) is 6.92 Å². The molecule has 3 heteroatoms. The Labute approximate surface area is 111 Å². The molecule has 0 spiro atoms. The highest BCUT2D eigenvalue weighted by molar-refractivity contribution is 5.82. The van der Waals surface area contributed by atoms with Crippen LogP contribution in [0.4, 0.5) is 0 Å². The Morgan fingerprint density at radius 2 is 1.83 bits per heavy atom. The van der Waals surface area contributed by atoms with Crippen LogP contribution in [0.25, 0.3) is 0 Å². The fourth-order valence-electron chi connectivity index (χ4n) is 3.18. The van der Waals surface area contributed by atoms with Gasteiger partial charge in [0.2, 0.25) is 5.91 Å². The summed E-state index contributed by atoms with van der Waals surface area (Å²) >= 11 is 0. The molecule has 0 bridgehead atoms. The summed E-state index contributed by atoms with van der Waals surface area (Å²) in [7, 11) is 1.85. The SMILES string of the molecule is CN(CC(O)C1CC1)C(=O)C1(C)CCCCCC1. The van der Waals surface area contributed by atoms with E-state index in [0.717, 1.165) is 25.7 Å². The molecule has 18 heavy (non-hydrogen) atoms. The van der Waals surface area contributed by atoms with Crippen molar-refractivity contribution in [1.29, 1.82) is 0 Å². The highest BCUT2D eigenvalue weighted by Gasteiger charge is 2.37. The molecule has 0 aromatic rings. The molecule has 0 aliphatic heterocycles. The van der Waals surface area contributed by atoms with Gasteiger partial charge < -0.3 is 10.0 Å². The van der Waals surface area contributed by atoms with Crippen LogP contribution in [0.2, 0.25) is 0 Å². The lowest BCUT2D eigenvalue weighted by atomic mass is 9.81. The maximum atomic E-state index is 12.6. The fourth-order valence-corrected chi connectivity index (χ4v) is 3.18. The number of rotatable bonds is 4. The molecule has 0 radical (unpaired) electrons. The van der Waals surface area contributed by atoms with Crippen molar-refractivity contribution in [1.82, 2.24) is 4.90 Å². The first-order valence-corrected chi connectivity index (χ1v) is 7.46. The van der Waals surface area contributed by atoms with E-state index in [1.807, 2.05) is 7.05 Å². The van der Waals surface area contributed by atoms with Crippen molar-refractivity contribution in [3.63, 3.8) is 0 Å². The third-order valence-electron chi connectivity index (χ3n) is 4.70. The van der Waals surface area contributed by atoms with E-state index >= 15 is 0 Å². The highest BCUT2D eigenvalue weighted by Crippen LogP contribution is 2.37. The Morgan fingerprint density at radius 1 is 1.28 bits per heavy atom. The summed E-state index contributed by atoms with van der Waals surface area (Å²) in [5.41, 5.74) is -0.186. The zero-order valence-electron chi connectivity index (χ0n) is 11.8. The Balaban J connectivity index is 1.90. The molecule has 104 valence electrons. The van der Waals surface area contributed by atoms with Crippen molar-refractivity contribution in [2.75, 3.05) is 13.6 Å². The van der Waals surface area contributed by atoms with Crippen LogP contribution in [0.3, 0.4) is 0 Å². The van der Waals surface area contributed by atoms with Crippen molar-refractivity contribution in [2.24, 2.45) is 11.3 Å². The molecule has 0 aromatic carbocycles. The Kier molecular flexibility index (Phi) is 4.31. The van der Waals surface area contributed by atoms with Crippen molar-refractivity contribution in [3.8, 4) is 0 Å². The van der Waals surface area contributed by atoms with Gasteiger partial charge in [-0.15, -0.1) is 0 Å². The normalized spacial score (nSPS) is 25.3. The van der Waals surface area contributed by atoms with Crippen LogP contribution in [0.15, 0.2) is 0 Å². The van der Waals surface area contributed by atoms with E-state index in [-0.39, 0.29) is 17.4 Å². The standard InChI is InChI=1S/C15H27NO2/c1-15(9-5-3-4-6-10-15)14(18)16(2)11-13(17)12-7-8-12/h12-13,17H,3-11H2,1-2H3. The maximum Gasteiger partial charge on any atom is 0.228 e. The molecular formula is C15H27NO2. The first-order chi connectivity index (χ1) is 8.53. The molecule has 2 aliphatic carbocycles. The molecular weight excluding hydrogens is 226 g/mol. The highest BCUT2D eigenvalue weighted by atomic mass is 16.3. The molecule has 0 aromatic heterocycles. The quantitative estimate of drug-likeness (QED) is 0.782. The fraction of sp³-hybridized carbons (Fsp3) is 0.933. The predicted octanol–water partition coefficient (Wildman–Crippen LogP) is 2.58. The number of nitrogens with zero attached hydrogens (tertiary/aromatic N) is 1. The van der Waals surface area contributed by atoms with Gasteiger partial charge >= 0.3 is 0 Å². The molecule has 0 heterocycles. The number of carbonyl (C=O) groups excluding carboxylic acids is 1. The molecule has 1 unspecified atom stereocenters. The van der Waals surface area contributed by atoms with Gasteiger partial charge in [0, 0.05) is 19.0 Å². The number of aliphatic hydroxyl groups excluding tert-OH is 1. The zero-order valence-corrected chi connectivity index (χ0v) is 11.8. The molecule has 0 saturated heterocycles. The number of amides is 1. The van der Waals surface area contributed by atoms with E-state index in [9.17, 15) is 9.90 Å². The zero-order chi connectivity index (χ0) is 13.2. The van der Waals surface area contributed by atoms with Gasteiger partial charge in [0.05, 0.1) is 6.10 Å². The van der Waals surface area contributed by atoms with Gasteiger partial charge in [0.15, 0.2) is 0 Å².